The lowest BCUT2D eigenvalue weighted by atomic mass is 9.96. The number of anilines is 1. The van der Waals surface area contributed by atoms with Crippen LogP contribution < -0.4 is 71.2 Å². The fourth-order valence-electron chi connectivity index (χ4n) is 9.92. The van der Waals surface area contributed by atoms with Crippen LogP contribution in [0.15, 0.2) is 23.3 Å². The summed E-state index contributed by atoms with van der Waals surface area (Å²) in [6.45, 7) is 3.18. The van der Waals surface area contributed by atoms with Gasteiger partial charge in [0, 0.05) is 69.3 Å². The minimum atomic E-state index is -2.20. The van der Waals surface area contributed by atoms with Crippen LogP contribution >= 0.6 is 34.9 Å². The van der Waals surface area contributed by atoms with Crippen molar-refractivity contribution in [2.24, 2.45) is 28.9 Å². The van der Waals surface area contributed by atoms with E-state index in [2.05, 4.69) is 97.2 Å². The van der Waals surface area contributed by atoms with Crippen molar-refractivity contribution in [1.29, 1.82) is 0 Å². The minimum Gasteiger partial charge on any atom is -0.441 e. The maximum atomic E-state index is 15.2. The van der Waals surface area contributed by atoms with E-state index in [0.29, 0.717) is 27.4 Å². The molecule has 6 rings (SSSR count). The second-order valence-corrected chi connectivity index (χ2v) is 28.2. The maximum absolute atomic E-state index is 15.2. The van der Waals surface area contributed by atoms with Gasteiger partial charge in [0.05, 0.1) is 85.2 Å². The number of primary amides is 3. The van der Waals surface area contributed by atoms with Crippen LogP contribution in [0.3, 0.4) is 0 Å². The number of rotatable bonds is 35. The molecule has 2 saturated heterocycles. The third kappa shape index (κ3) is 24.0. The molecule has 0 saturated carbocycles. The molecule has 19 atom stereocenters. The molecule has 2 aliphatic heterocycles. The lowest BCUT2D eigenvalue weighted by Crippen LogP contribution is -2.65. The zero-order valence-electron chi connectivity index (χ0n) is 56.8. The average Bonchev–Trinajstić information content (AvgIpc) is 0.884. The van der Waals surface area contributed by atoms with E-state index in [0.717, 1.165) is 24.7 Å². The first kappa shape index (κ1) is 85.0. The number of aromatic amines is 1. The predicted molar refractivity (Wildman–Crippen MR) is 369 cm³/mol. The molecule has 8 amide bonds. The summed E-state index contributed by atoms with van der Waals surface area (Å²) in [5, 5.41) is 114. The number of aliphatic hydroxyl groups is 8. The van der Waals surface area contributed by atoms with Gasteiger partial charge < -0.3 is 141 Å². The number of nitrogens with two attached hydrogens (primary N) is 5. The number of hydrogen-bond donors (Lipinski definition) is 22. The van der Waals surface area contributed by atoms with Gasteiger partial charge in [-0.05, 0) is 43.9 Å². The highest BCUT2D eigenvalue weighted by Gasteiger charge is 2.54. The Morgan fingerprint density at radius 3 is 2.04 bits per heavy atom. The highest BCUT2D eigenvalue weighted by Crippen LogP contribution is 2.35. The lowest BCUT2D eigenvalue weighted by molar-refractivity contribution is -0.372. The maximum Gasteiger partial charge on any atom is 0.404 e. The van der Waals surface area contributed by atoms with E-state index in [1.807, 2.05) is 0 Å². The lowest BCUT2D eigenvalue weighted by Gasteiger charge is -2.47. The van der Waals surface area contributed by atoms with Gasteiger partial charge in [-0.2, -0.15) is 0 Å². The van der Waals surface area contributed by atoms with E-state index in [4.69, 9.17) is 52.4 Å². The number of ether oxygens (including phenoxy) is 5. The van der Waals surface area contributed by atoms with Crippen molar-refractivity contribution < 1.29 is 103 Å². The fraction of sp³-hybridized carbons (Fsp3) is 0.621. The van der Waals surface area contributed by atoms with Crippen LogP contribution in [0.25, 0.3) is 10.7 Å². The van der Waals surface area contributed by atoms with Gasteiger partial charge in [0.1, 0.15) is 100 Å². The Morgan fingerprint density at radius 2 is 1.45 bits per heavy atom. The van der Waals surface area contributed by atoms with Crippen LogP contribution in [0, 0.1) is 12.8 Å². The summed E-state index contributed by atoms with van der Waals surface area (Å²) in [5.74, 6) is -7.69. The molecule has 4 aromatic heterocycles. The Labute approximate surface area is 600 Å². The molecular formula is C58H92N19O21S4+. The number of amides is 8. The van der Waals surface area contributed by atoms with Gasteiger partial charge in [0.2, 0.25) is 29.5 Å². The number of imidazole rings is 1. The minimum absolute atomic E-state index is 0.00498. The normalized spacial score (nSPS) is 23.0. The third-order valence-electron chi connectivity index (χ3n) is 15.7. The van der Waals surface area contributed by atoms with Crippen LogP contribution in [0.4, 0.5) is 10.6 Å². The number of nitrogens with one attached hydrogen (secondary N) is 9. The van der Waals surface area contributed by atoms with Crippen molar-refractivity contribution in [2.45, 2.75) is 157 Å². The zero-order chi connectivity index (χ0) is 76.0. The summed E-state index contributed by atoms with van der Waals surface area (Å²) in [6.07, 6.45) is -20.0. The molecule has 27 N–H and O–H groups in total. The number of carbonyl (C=O) groups is 8. The van der Waals surface area contributed by atoms with E-state index in [-0.39, 0.29) is 64.9 Å². The number of hydrogen-bond acceptors (Lipinski definition) is 32. The van der Waals surface area contributed by atoms with Gasteiger partial charge >= 0.3 is 6.09 Å². The molecule has 0 aliphatic carbocycles. The van der Waals surface area contributed by atoms with Gasteiger partial charge in [-0.25, -0.2) is 29.7 Å². The summed E-state index contributed by atoms with van der Waals surface area (Å²) in [4.78, 5) is 131. The van der Waals surface area contributed by atoms with E-state index < -0.39 is 183 Å². The number of thiazole rings is 2. The Morgan fingerprint density at radius 1 is 0.784 bits per heavy atom. The van der Waals surface area contributed by atoms with Gasteiger partial charge in [0.15, 0.2) is 23.8 Å². The fourth-order valence-corrected chi connectivity index (χ4v) is 12.3. The highest BCUT2D eigenvalue weighted by atomic mass is 32.2. The zero-order valence-corrected chi connectivity index (χ0v) is 60.0. The van der Waals surface area contributed by atoms with E-state index in [1.54, 1.807) is 24.9 Å². The number of carbonyl (C=O) groups excluding carboxylic acids is 8. The summed E-state index contributed by atoms with van der Waals surface area (Å²) >= 11 is 7.16. The molecule has 40 nitrogen and oxygen atoms in total. The quantitative estimate of drug-likeness (QED) is 0.0116. The average molecular weight is 1520 g/mol. The van der Waals surface area contributed by atoms with Crippen LogP contribution in [0.2, 0.25) is 0 Å². The van der Waals surface area contributed by atoms with Crippen molar-refractivity contribution >= 4 is 104 Å². The van der Waals surface area contributed by atoms with Crippen molar-refractivity contribution in [3.8, 4) is 10.7 Å². The Hall–Kier alpha value is -7.61. The van der Waals surface area contributed by atoms with Crippen molar-refractivity contribution in [1.82, 2.24) is 72.4 Å². The molecule has 6 heterocycles. The van der Waals surface area contributed by atoms with E-state index in [9.17, 15) is 74.4 Å². The summed E-state index contributed by atoms with van der Waals surface area (Å²) in [7, 11) is 3.81. The number of nitrogen functional groups attached to an aromatic ring is 1. The van der Waals surface area contributed by atoms with E-state index >= 15 is 4.79 Å². The highest BCUT2D eigenvalue weighted by molar-refractivity contribution is 7.95. The molecule has 4 aromatic rings. The Bertz CT molecular complexity index is 3430. The number of aromatic nitrogens is 6. The standard InChI is InChI=1S/C55H83N17O21S3.C3H8N2S/c1-20-33(69-46(72-44(20)58)25(12-31(57)76)64-13-24(56)45(59)82)50(86)71-35(41(26-14-61-19-65-26)91-54-43(39(80)37(78)29(15-73)90-54)92-53-40(81)42(93-55(60)88)38(79)30(16-74)89-53)51(87)66-22(3)36(77)21(2)47(83)70-34(23(4)75)49(85)63-10-8-32-67-28(18-94-32)52-68-27(17-95-52)48(84)62-9-7-11-96(5)6;1-4-3(6)5-2/h14,17-19,21-25,29-30,34-43,53-54,64,73-75,77-81H,7-13,15-16,56H2,1-6H3,(H13-,57,58,59,60,61,62,63,65,66,69,70,71,72,76,82,83,84,85,86,87,88);1-2H3,(H2,4,5,6)/p+1/t21-,22+,23+,24-,25-,29-,30+,34-,35-,36-,37+,38+,39-,40-,41?,42-,43-,53+,54-;/m0./s1. The van der Waals surface area contributed by atoms with Crippen LogP contribution in [0.5, 0.6) is 0 Å². The van der Waals surface area contributed by atoms with Gasteiger partial charge in [-0.1, -0.05) is 6.92 Å². The monoisotopic (exact) mass is 1520 g/mol. The first-order valence-electron chi connectivity index (χ1n) is 31.5. The molecule has 2 fully saturated rings. The van der Waals surface area contributed by atoms with Gasteiger partial charge in [-0.3, -0.25) is 33.6 Å². The van der Waals surface area contributed by atoms with Crippen molar-refractivity contribution in [2.75, 3.05) is 70.9 Å². The Balaban J connectivity index is 0.00000298. The van der Waals surface area contributed by atoms with E-state index in [1.165, 1.54) is 50.4 Å². The van der Waals surface area contributed by atoms with Gasteiger partial charge in [-0.15, -0.1) is 22.7 Å². The summed E-state index contributed by atoms with van der Waals surface area (Å²) in [6, 6.07) is -7.85. The first-order chi connectivity index (χ1) is 48.2. The molecule has 44 heteroatoms. The van der Waals surface area contributed by atoms with Crippen LogP contribution in [-0.2, 0) is 65.0 Å². The van der Waals surface area contributed by atoms with Crippen molar-refractivity contribution in [3.63, 3.8) is 0 Å². The number of aliphatic hydroxyl groups excluding tert-OH is 8. The van der Waals surface area contributed by atoms with Crippen LogP contribution in [-0.4, -0.2) is 286 Å². The first-order valence-corrected chi connectivity index (χ1v) is 35.9. The second kappa shape index (κ2) is 40.4. The summed E-state index contributed by atoms with van der Waals surface area (Å²) in [5.41, 5.74) is 28.1. The van der Waals surface area contributed by atoms with Gasteiger partial charge in [0.25, 0.3) is 11.8 Å². The molecule has 0 radical (unpaired) electrons. The molecule has 2 aliphatic rings. The summed E-state index contributed by atoms with van der Waals surface area (Å²) < 4.78 is 28.7. The topological polar surface area (TPSA) is 651 Å². The smallest absolute Gasteiger partial charge is 0.404 e. The second-order valence-electron chi connectivity index (χ2n) is 23.6. The molecule has 568 valence electrons. The molecular weight excluding hydrogens is 1430 g/mol. The number of H-pyrrole nitrogens is 1. The predicted octanol–water partition coefficient (Wildman–Crippen LogP) is -7.99. The molecule has 1 unspecified atom stereocenters. The SMILES string of the molecule is CNC(=S)NC.Cc1c(N)nc([C@H](CC(N)=O)NC[C@H](N)C(N)=O)nc1C(=O)N[C@H](C(=O)N[C@H](C)[C@@H](O)[C@H](C)C(=O)N[C@H](C(=O)NCCc1nc(-c2nc(C(=O)NCCC[S+](C)C)cs2)cs1)[C@@H](C)O)C(O[C@@H]1O[C@@H](CO)[C@@H](O)[C@H](O)[C@@H]1O[C@H]1O[C@H](CO)[C@@H](O)[C@H](OC(N)=O)[C@@H]1O)c1cnc[nH]1. The Kier molecular flexibility index (Phi) is 33.7. The van der Waals surface area contributed by atoms with Crippen molar-refractivity contribution in [3.05, 3.63) is 56.8 Å². The third-order valence-corrected chi connectivity index (χ3v) is 19.0. The molecule has 0 spiro atoms. The number of nitrogens with zero attached hydrogens (tertiary/aromatic N) is 5. The molecule has 0 bridgehead atoms. The largest absolute Gasteiger partial charge is 0.441 e. The molecule has 0 aromatic carbocycles. The number of thiocarbonyl (C=S) groups is 1. The molecule has 102 heavy (non-hydrogen) atoms. The van der Waals surface area contributed by atoms with Crippen LogP contribution in [0.1, 0.15) is 88.8 Å².